The Kier molecular flexibility index (Phi) is 9.78. The number of anilines is 2. The van der Waals surface area contributed by atoms with Crippen molar-refractivity contribution in [3.05, 3.63) is 12.1 Å². The van der Waals surface area contributed by atoms with Crippen LogP contribution in [0.15, 0.2) is 12.1 Å². The molecule has 2 saturated heterocycles. The number of alkyl halides is 2. The minimum absolute atomic E-state index is 0.0747. The smallest absolute Gasteiger partial charge is 0.251 e. The highest BCUT2D eigenvalue weighted by Gasteiger charge is 2.35. The molecule has 0 amide bonds. The Balaban J connectivity index is 1.60. The highest BCUT2D eigenvalue weighted by atomic mass is 19.3. The molecule has 0 unspecified atom stereocenters. The minimum atomic E-state index is -2.65. The van der Waals surface area contributed by atoms with Gasteiger partial charge in [0.1, 0.15) is 12.0 Å². The van der Waals surface area contributed by atoms with E-state index in [0.717, 1.165) is 31.4 Å². The molecule has 2 N–H and O–H groups in total. The van der Waals surface area contributed by atoms with Crippen LogP contribution in [-0.4, -0.2) is 93.2 Å². The lowest BCUT2D eigenvalue weighted by atomic mass is 10.1. The number of benzene rings is 1. The molecular weight excluding hydrogens is 494 g/mol. The second kappa shape index (κ2) is 13.0. The Labute approximate surface area is 224 Å². The van der Waals surface area contributed by atoms with Gasteiger partial charge in [-0.25, -0.2) is 13.8 Å². The number of likely N-dealkylation sites (tertiary alicyclic amines) is 1. The Morgan fingerprint density at radius 2 is 1.79 bits per heavy atom. The van der Waals surface area contributed by atoms with E-state index < -0.39 is 5.92 Å². The van der Waals surface area contributed by atoms with Crippen molar-refractivity contribution in [3.63, 3.8) is 0 Å². The summed E-state index contributed by atoms with van der Waals surface area (Å²) in [5, 5.41) is 7.37. The summed E-state index contributed by atoms with van der Waals surface area (Å²) < 4.78 is 45.3. The maximum Gasteiger partial charge on any atom is 0.251 e. The predicted molar refractivity (Wildman–Crippen MR) is 146 cm³/mol. The third kappa shape index (κ3) is 7.54. The molecule has 2 aliphatic rings. The third-order valence-corrected chi connectivity index (χ3v) is 7.08. The number of aromatic nitrogens is 2. The fourth-order valence-electron chi connectivity index (χ4n) is 4.81. The first-order chi connectivity index (χ1) is 18.3. The van der Waals surface area contributed by atoms with Crippen molar-refractivity contribution in [2.75, 3.05) is 70.3 Å². The zero-order valence-corrected chi connectivity index (χ0v) is 23.1. The lowest BCUT2D eigenvalue weighted by Gasteiger charge is -2.32. The summed E-state index contributed by atoms with van der Waals surface area (Å²) in [5.74, 6) is -0.456. The first-order valence-corrected chi connectivity index (χ1v) is 13.7. The van der Waals surface area contributed by atoms with Crippen molar-refractivity contribution < 1.29 is 23.0 Å². The number of hydrogen-bond acceptors (Lipinski definition) is 9. The standard InChI is InChI=1S/C27H42F2N6O3/c1-19(2)38-18-24(30-3)32-25-20-16-22(36-4)23(37-15-7-12-34-10-5-6-11-34)17-21(20)31-26(33-25)35-13-8-27(28,29)9-14-35/h16-17,19,24,30H,5-15,18H2,1-4H3,(H,31,32,33)/t24-/m0/s1. The molecule has 11 heteroatoms. The van der Waals surface area contributed by atoms with Crippen LogP contribution in [0.25, 0.3) is 10.9 Å². The van der Waals surface area contributed by atoms with E-state index in [1.807, 2.05) is 37.9 Å². The average molecular weight is 537 g/mol. The first kappa shape index (κ1) is 28.5. The van der Waals surface area contributed by atoms with Gasteiger partial charge in [-0.1, -0.05) is 0 Å². The van der Waals surface area contributed by atoms with Gasteiger partial charge in [-0.3, -0.25) is 5.32 Å². The zero-order valence-electron chi connectivity index (χ0n) is 23.1. The van der Waals surface area contributed by atoms with Crippen LogP contribution in [-0.2, 0) is 4.74 Å². The van der Waals surface area contributed by atoms with Crippen molar-refractivity contribution >= 4 is 22.7 Å². The molecule has 2 aromatic rings. The number of likely N-dealkylation sites (N-methyl/N-ethyl adjacent to an activating group) is 1. The molecule has 2 fully saturated rings. The van der Waals surface area contributed by atoms with Crippen molar-refractivity contribution in [1.82, 2.24) is 20.2 Å². The molecule has 1 aromatic heterocycles. The Bertz CT molecular complexity index is 1040. The normalized spacial score (nSPS) is 18.8. The van der Waals surface area contributed by atoms with Gasteiger partial charge in [-0.2, -0.15) is 4.98 Å². The number of nitrogens with one attached hydrogen (secondary N) is 2. The van der Waals surface area contributed by atoms with Crippen molar-refractivity contribution in [2.24, 2.45) is 0 Å². The quantitative estimate of drug-likeness (QED) is 0.290. The Morgan fingerprint density at radius 3 is 2.45 bits per heavy atom. The van der Waals surface area contributed by atoms with E-state index >= 15 is 0 Å². The van der Waals surface area contributed by atoms with E-state index in [1.54, 1.807) is 7.11 Å². The SMILES string of the molecule is CN[C@H](COC(C)C)Nc1nc(N2CCC(F)(F)CC2)nc2cc(OCCCN3CCCC3)c(OC)cc12. The summed E-state index contributed by atoms with van der Waals surface area (Å²) in [6.07, 6.45) is 2.88. The van der Waals surface area contributed by atoms with Gasteiger partial charge in [-0.15, -0.1) is 0 Å². The van der Waals surface area contributed by atoms with Gasteiger partial charge >= 0.3 is 0 Å². The molecule has 2 aliphatic heterocycles. The number of piperidine rings is 1. The van der Waals surface area contributed by atoms with Crippen molar-refractivity contribution in [3.8, 4) is 11.5 Å². The molecule has 0 radical (unpaired) electrons. The van der Waals surface area contributed by atoms with E-state index in [-0.39, 0.29) is 38.2 Å². The Hall–Kier alpha value is -2.50. The fourth-order valence-corrected chi connectivity index (χ4v) is 4.81. The van der Waals surface area contributed by atoms with Gasteiger partial charge < -0.3 is 29.3 Å². The van der Waals surface area contributed by atoms with Crippen LogP contribution in [0, 0.1) is 0 Å². The summed E-state index contributed by atoms with van der Waals surface area (Å²) >= 11 is 0. The van der Waals surface area contributed by atoms with Crippen LogP contribution in [0.1, 0.15) is 46.0 Å². The molecule has 38 heavy (non-hydrogen) atoms. The van der Waals surface area contributed by atoms with Gasteiger partial charge in [0.05, 0.1) is 31.9 Å². The van der Waals surface area contributed by atoms with Gasteiger partial charge in [0.2, 0.25) is 5.95 Å². The van der Waals surface area contributed by atoms with Crippen molar-refractivity contribution in [2.45, 2.75) is 64.1 Å². The summed E-state index contributed by atoms with van der Waals surface area (Å²) in [6.45, 7) is 8.67. The number of nitrogens with zero attached hydrogens (tertiary/aromatic N) is 4. The molecule has 3 heterocycles. The van der Waals surface area contributed by atoms with E-state index in [2.05, 4.69) is 15.5 Å². The molecule has 212 valence electrons. The number of ether oxygens (including phenoxy) is 3. The maximum atomic E-state index is 13.8. The monoisotopic (exact) mass is 536 g/mol. The summed E-state index contributed by atoms with van der Waals surface area (Å²) in [4.78, 5) is 13.8. The van der Waals surface area contributed by atoms with Gasteiger partial charge in [-0.05, 0) is 59.3 Å². The van der Waals surface area contributed by atoms with Crippen molar-refractivity contribution in [1.29, 1.82) is 0 Å². The maximum absolute atomic E-state index is 13.8. The topological polar surface area (TPSA) is 84.0 Å². The second-order valence-corrected chi connectivity index (χ2v) is 10.4. The molecular formula is C27H42F2N6O3. The van der Waals surface area contributed by atoms with E-state index in [9.17, 15) is 8.78 Å². The molecule has 1 aromatic carbocycles. The van der Waals surface area contributed by atoms with E-state index in [4.69, 9.17) is 24.2 Å². The van der Waals surface area contributed by atoms with Crippen LogP contribution in [0.4, 0.5) is 20.5 Å². The molecule has 0 spiro atoms. The highest BCUT2D eigenvalue weighted by Crippen LogP contribution is 2.36. The number of hydrogen-bond donors (Lipinski definition) is 2. The number of methoxy groups -OCH3 is 1. The molecule has 1 atom stereocenters. The fraction of sp³-hybridized carbons (Fsp3) is 0.704. The van der Waals surface area contributed by atoms with Crippen LogP contribution in [0.2, 0.25) is 0 Å². The average Bonchev–Trinajstić information content (AvgIpc) is 3.42. The summed E-state index contributed by atoms with van der Waals surface area (Å²) in [5.41, 5.74) is 0.657. The summed E-state index contributed by atoms with van der Waals surface area (Å²) in [6, 6.07) is 3.73. The largest absolute Gasteiger partial charge is 0.493 e. The van der Waals surface area contributed by atoms with Gasteiger partial charge in [0.25, 0.3) is 5.92 Å². The van der Waals surface area contributed by atoms with Crippen LogP contribution in [0.3, 0.4) is 0 Å². The molecule has 0 aliphatic carbocycles. The predicted octanol–water partition coefficient (Wildman–Crippen LogP) is 4.12. The lowest BCUT2D eigenvalue weighted by molar-refractivity contribution is -0.0222. The Morgan fingerprint density at radius 1 is 1.05 bits per heavy atom. The van der Waals surface area contributed by atoms with Gasteiger partial charge in [0, 0.05) is 43.9 Å². The van der Waals surface area contributed by atoms with Crippen LogP contribution >= 0.6 is 0 Å². The van der Waals surface area contributed by atoms with Gasteiger partial charge in [0.15, 0.2) is 11.5 Å². The zero-order chi connectivity index (χ0) is 27.1. The summed E-state index contributed by atoms with van der Waals surface area (Å²) in [7, 11) is 3.45. The van der Waals surface area contributed by atoms with E-state index in [1.165, 1.54) is 12.8 Å². The molecule has 9 nitrogen and oxygen atoms in total. The molecule has 4 rings (SSSR count). The van der Waals surface area contributed by atoms with Crippen LogP contribution < -0.4 is 25.0 Å². The minimum Gasteiger partial charge on any atom is -0.493 e. The number of halogens is 2. The van der Waals surface area contributed by atoms with E-state index in [0.29, 0.717) is 42.0 Å². The molecule has 0 bridgehead atoms. The first-order valence-electron chi connectivity index (χ1n) is 13.7. The van der Waals surface area contributed by atoms with Crippen LogP contribution in [0.5, 0.6) is 11.5 Å². The lowest BCUT2D eigenvalue weighted by Crippen LogP contribution is -2.41. The second-order valence-electron chi connectivity index (χ2n) is 10.4. The number of fused-ring (bicyclic) bond motifs is 1. The highest BCUT2D eigenvalue weighted by molar-refractivity contribution is 5.93. The number of rotatable bonds is 13. The third-order valence-electron chi connectivity index (χ3n) is 7.08. The molecule has 0 saturated carbocycles.